The number of ether oxygens (including phenoxy) is 1. The first-order valence-electron chi connectivity index (χ1n) is 5.36. The summed E-state index contributed by atoms with van der Waals surface area (Å²) in [5.74, 6) is 0.744. The fourth-order valence-electron chi connectivity index (χ4n) is 2.71. The van der Waals surface area contributed by atoms with Gasteiger partial charge in [-0.1, -0.05) is 0 Å². The number of rotatable bonds is 1. The Kier molecular flexibility index (Phi) is 4.60. The highest BCUT2D eigenvalue weighted by atomic mass is 127. The molecule has 2 aliphatic heterocycles. The van der Waals surface area contributed by atoms with E-state index < -0.39 is 10.8 Å². The SMILES string of the molecule is C[C@@H]1O[C@H]([C@H]2CCC[N+]2(C)C)C[S@@]1=O.[I-]. The largest absolute Gasteiger partial charge is 1.00 e. The Balaban J connectivity index is 0.00000112. The van der Waals surface area contributed by atoms with E-state index in [9.17, 15) is 4.21 Å². The van der Waals surface area contributed by atoms with E-state index in [0.29, 0.717) is 6.04 Å². The van der Waals surface area contributed by atoms with Crippen LogP contribution in [0.15, 0.2) is 0 Å². The van der Waals surface area contributed by atoms with Crippen LogP contribution in [-0.2, 0) is 15.5 Å². The molecule has 0 aromatic heterocycles. The summed E-state index contributed by atoms with van der Waals surface area (Å²) >= 11 is 0. The lowest BCUT2D eigenvalue weighted by molar-refractivity contribution is -0.905. The third-order valence-electron chi connectivity index (χ3n) is 3.63. The molecule has 0 aromatic carbocycles. The van der Waals surface area contributed by atoms with E-state index in [4.69, 9.17) is 4.74 Å². The molecule has 15 heavy (non-hydrogen) atoms. The second kappa shape index (κ2) is 4.98. The molecule has 2 heterocycles. The van der Waals surface area contributed by atoms with Crippen LogP contribution < -0.4 is 24.0 Å². The maximum atomic E-state index is 11.5. The number of halogens is 1. The maximum Gasteiger partial charge on any atom is 0.130 e. The van der Waals surface area contributed by atoms with Gasteiger partial charge >= 0.3 is 0 Å². The number of nitrogens with zero attached hydrogens (tertiary/aromatic N) is 1. The highest BCUT2D eigenvalue weighted by Gasteiger charge is 2.45. The van der Waals surface area contributed by atoms with Crippen LogP contribution in [0.3, 0.4) is 0 Å². The van der Waals surface area contributed by atoms with Crippen molar-refractivity contribution < 1.29 is 37.4 Å². The summed E-state index contributed by atoms with van der Waals surface area (Å²) in [4.78, 5) is 0. The summed E-state index contributed by atoms with van der Waals surface area (Å²) in [6, 6.07) is 0.559. The van der Waals surface area contributed by atoms with Crippen molar-refractivity contribution >= 4 is 10.8 Å². The Morgan fingerprint density at radius 3 is 2.47 bits per heavy atom. The molecule has 4 atom stereocenters. The molecule has 5 heteroatoms. The lowest BCUT2D eigenvalue weighted by atomic mass is 10.1. The molecule has 0 N–H and O–H groups in total. The molecular weight excluding hydrogens is 325 g/mol. The van der Waals surface area contributed by atoms with Crippen LogP contribution in [0.25, 0.3) is 0 Å². The number of hydrogen-bond donors (Lipinski definition) is 0. The van der Waals surface area contributed by atoms with Gasteiger partial charge in [-0.15, -0.1) is 0 Å². The predicted molar refractivity (Wildman–Crippen MR) is 57.3 cm³/mol. The minimum atomic E-state index is -0.759. The van der Waals surface area contributed by atoms with Crippen molar-refractivity contribution in [2.45, 2.75) is 37.3 Å². The van der Waals surface area contributed by atoms with E-state index in [1.54, 1.807) is 0 Å². The van der Waals surface area contributed by atoms with Gasteiger partial charge in [-0.05, 0) is 6.92 Å². The van der Waals surface area contributed by atoms with Crippen LogP contribution in [0.2, 0.25) is 0 Å². The van der Waals surface area contributed by atoms with Crippen molar-refractivity contribution in [2.24, 2.45) is 0 Å². The van der Waals surface area contributed by atoms with E-state index in [0.717, 1.165) is 10.2 Å². The summed E-state index contributed by atoms with van der Waals surface area (Å²) in [5, 5.41) is 0. The van der Waals surface area contributed by atoms with E-state index in [2.05, 4.69) is 14.1 Å². The zero-order chi connectivity index (χ0) is 10.3. The van der Waals surface area contributed by atoms with Crippen LogP contribution in [0.4, 0.5) is 0 Å². The smallest absolute Gasteiger partial charge is 0.130 e. The van der Waals surface area contributed by atoms with Gasteiger partial charge < -0.3 is 33.2 Å². The summed E-state index contributed by atoms with van der Waals surface area (Å²) < 4.78 is 18.3. The van der Waals surface area contributed by atoms with Gasteiger partial charge in [0.15, 0.2) is 0 Å². The Morgan fingerprint density at radius 1 is 1.40 bits per heavy atom. The standard InChI is InChI=1S/C10H20NO2S.HI/c1-8-13-10(7-14(8)12)9-5-4-6-11(9,2)3;/h8-10H,4-7H2,1-3H3;1H/q+1;/p-1/t8-,9-,10+,14+;/m1./s1. The van der Waals surface area contributed by atoms with Gasteiger partial charge in [-0.3, -0.25) is 4.21 Å². The van der Waals surface area contributed by atoms with Gasteiger partial charge in [0.05, 0.1) is 37.2 Å². The second-order valence-electron chi connectivity index (χ2n) is 5.00. The zero-order valence-corrected chi connectivity index (χ0v) is 12.6. The first-order chi connectivity index (χ1) is 6.50. The number of likely N-dealkylation sites (N-methyl/N-ethyl adjacent to an activating group) is 1. The second-order valence-corrected chi connectivity index (χ2v) is 6.76. The van der Waals surface area contributed by atoms with Crippen molar-refractivity contribution in [1.82, 2.24) is 0 Å². The van der Waals surface area contributed by atoms with Crippen LogP contribution in [-0.4, -0.2) is 52.7 Å². The molecule has 0 amide bonds. The topological polar surface area (TPSA) is 26.3 Å². The first-order valence-corrected chi connectivity index (χ1v) is 6.74. The molecule has 3 nitrogen and oxygen atoms in total. The van der Waals surface area contributed by atoms with Gasteiger partial charge in [-0.2, -0.15) is 0 Å². The quantitative estimate of drug-likeness (QED) is 0.396. The lowest BCUT2D eigenvalue weighted by Gasteiger charge is -2.34. The van der Waals surface area contributed by atoms with Gasteiger partial charge in [0.25, 0.3) is 0 Å². The van der Waals surface area contributed by atoms with Crippen LogP contribution >= 0.6 is 0 Å². The van der Waals surface area contributed by atoms with Gasteiger partial charge in [0.2, 0.25) is 0 Å². The minimum Gasteiger partial charge on any atom is -1.00 e. The molecule has 90 valence electrons. The average molecular weight is 345 g/mol. The summed E-state index contributed by atoms with van der Waals surface area (Å²) in [5.41, 5.74) is -0.0550. The van der Waals surface area contributed by atoms with Crippen LogP contribution in [0.5, 0.6) is 0 Å². The van der Waals surface area contributed by atoms with Crippen molar-refractivity contribution in [1.29, 1.82) is 0 Å². The van der Waals surface area contributed by atoms with Crippen molar-refractivity contribution in [2.75, 3.05) is 26.4 Å². The normalized spacial score (nSPS) is 43.9. The van der Waals surface area contributed by atoms with Gasteiger partial charge in [0, 0.05) is 12.8 Å². The van der Waals surface area contributed by atoms with Gasteiger partial charge in [-0.25, -0.2) is 0 Å². The summed E-state index contributed by atoms with van der Waals surface area (Å²) in [7, 11) is 3.75. The minimum absolute atomic E-state index is 0. The van der Waals surface area contributed by atoms with E-state index in [1.807, 2.05) is 6.92 Å². The monoisotopic (exact) mass is 345 g/mol. The Hall–Kier alpha value is 0.800. The third kappa shape index (κ3) is 2.73. The summed E-state index contributed by atoms with van der Waals surface area (Å²) in [6.07, 6.45) is 2.73. The predicted octanol–water partition coefficient (Wildman–Crippen LogP) is -2.28. The first kappa shape index (κ1) is 13.9. The van der Waals surface area contributed by atoms with E-state index in [1.165, 1.54) is 19.4 Å². The number of likely N-dealkylation sites (tertiary alicyclic amines) is 1. The Bertz CT molecular complexity index is 260. The molecule has 2 saturated heterocycles. The third-order valence-corrected chi connectivity index (χ3v) is 5.14. The molecule has 0 spiro atoms. The van der Waals surface area contributed by atoms with Crippen LogP contribution in [0.1, 0.15) is 19.8 Å². The van der Waals surface area contributed by atoms with Crippen molar-refractivity contribution in [3.05, 3.63) is 0 Å². The summed E-state index contributed by atoms with van der Waals surface area (Å²) in [6.45, 7) is 3.15. The molecule has 0 aliphatic carbocycles. The molecule has 0 bridgehead atoms. The van der Waals surface area contributed by atoms with Crippen LogP contribution in [0, 0.1) is 0 Å². The lowest BCUT2D eigenvalue weighted by Crippen LogP contribution is -3.00. The molecule has 0 unspecified atom stereocenters. The fraction of sp³-hybridized carbons (Fsp3) is 1.00. The molecule has 2 fully saturated rings. The molecule has 2 aliphatic rings. The van der Waals surface area contributed by atoms with Crippen molar-refractivity contribution in [3.63, 3.8) is 0 Å². The fourth-order valence-corrected chi connectivity index (χ4v) is 3.87. The number of quaternary nitrogens is 1. The Labute approximate surface area is 112 Å². The maximum absolute atomic E-state index is 11.5. The molecular formula is C10H20INO2S. The highest BCUT2D eigenvalue weighted by Crippen LogP contribution is 2.30. The Morgan fingerprint density at radius 2 is 2.07 bits per heavy atom. The number of hydrogen-bond acceptors (Lipinski definition) is 2. The van der Waals surface area contributed by atoms with Crippen molar-refractivity contribution in [3.8, 4) is 0 Å². The average Bonchev–Trinajstić information content (AvgIpc) is 2.56. The molecule has 2 rings (SSSR count). The zero-order valence-electron chi connectivity index (χ0n) is 9.61. The molecule has 0 saturated carbocycles. The highest BCUT2D eigenvalue weighted by molar-refractivity contribution is 7.85. The van der Waals surface area contributed by atoms with Gasteiger partial charge in [0.1, 0.15) is 17.6 Å². The van der Waals surface area contributed by atoms with E-state index in [-0.39, 0.29) is 35.5 Å². The molecule has 0 radical (unpaired) electrons. The molecule has 0 aromatic rings. The van der Waals surface area contributed by atoms with E-state index >= 15 is 0 Å².